The maximum Gasteiger partial charge on any atom is 0.0825 e. The fourth-order valence-corrected chi connectivity index (χ4v) is 2.05. The Morgan fingerprint density at radius 1 is 1.31 bits per heavy atom. The van der Waals surface area contributed by atoms with Crippen LogP contribution in [0.2, 0.25) is 0 Å². The quantitative estimate of drug-likeness (QED) is 0.804. The molecule has 1 unspecified atom stereocenters. The lowest BCUT2D eigenvalue weighted by Gasteiger charge is -2.15. The van der Waals surface area contributed by atoms with Crippen molar-refractivity contribution >= 4 is 5.69 Å². The molecule has 0 saturated carbocycles. The van der Waals surface area contributed by atoms with Crippen LogP contribution in [0.1, 0.15) is 50.9 Å². The fourth-order valence-electron chi connectivity index (χ4n) is 2.05. The van der Waals surface area contributed by atoms with Crippen molar-refractivity contribution in [2.45, 2.75) is 59.9 Å². The first-order chi connectivity index (χ1) is 7.60. The zero-order chi connectivity index (χ0) is 12.1. The molecule has 0 bridgehead atoms. The van der Waals surface area contributed by atoms with Gasteiger partial charge < -0.3 is 5.73 Å². The lowest BCUT2D eigenvalue weighted by atomic mass is 9.99. The van der Waals surface area contributed by atoms with Crippen LogP contribution in [-0.2, 0) is 6.54 Å². The van der Waals surface area contributed by atoms with Crippen LogP contribution in [0.3, 0.4) is 0 Å². The van der Waals surface area contributed by atoms with Gasteiger partial charge in [-0.05, 0) is 26.2 Å². The van der Waals surface area contributed by atoms with Crippen LogP contribution in [0, 0.1) is 19.8 Å². The number of hydrogen-bond donors (Lipinski definition) is 1. The van der Waals surface area contributed by atoms with Gasteiger partial charge in [0.1, 0.15) is 0 Å². The molecule has 92 valence electrons. The van der Waals surface area contributed by atoms with Crippen LogP contribution in [-0.4, -0.2) is 9.78 Å². The summed E-state index contributed by atoms with van der Waals surface area (Å²) in [5.74, 6) is 0.734. The molecule has 1 rings (SSSR count). The summed E-state index contributed by atoms with van der Waals surface area (Å²) in [6, 6.07) is 0. The number of nitrogens with zero attached hydrogens (tertiary/aromatic N) is 2. The van der Waals surface area contributed by atoms with Gasteiger partial charge in [0, 0.05) is 6.54 Å². The van der Waals surface area contributed by atoms with Gasteiger partial charge in [0.15, 0.2) is 0 Å². The minimum atomic E-state index is 0.734. The third-order valence-electron chi connectivity index (χ3n) is 3.41. The van der Waals surface area contributed by atoms with E-state index in [0.717, 1.165) is 29.5 Å². The Morgan fingerprint density at radius 2 is 2.00 bits per heavy atom. The van der Waals surface area contributed by atoms with E-state index in [-0.39, 0.29) is 0 Å². The highest BCUT2D eigenvalue weighted by Crippen LogP contribution is 2.20. The second kappa shape index (κ2) is 5.92. The van der Waals surface area contributed by atoms with Crippen LogP contribution in [0.15, 0.2) is 0 Å². The van der Waals surface area contributed by atoms with E-state index in [4.69, 9.17) is 5.73 Å². The van der Waals surface area contributed by atoms with Crippen molar-refractivity contribution in [1.82, 2.24) is 9.78 Å². The summed E-state index contributed by atoms with van der Waals surface area (Å²) in [5, 5.41) is 4.50. The second-order valence-electron chi connectivity index (χ2n) is 4.68. The Labute approximate surface area is 99.0 Å². The Kier molecular flexibility index (Phi) is 4.84. The largest absolute Gasteiger partial charge is 0.396 e. The number of nitrogens with two attached hydrogens (primary N) is 1. The van der Waals surface area contributed by atoms with Crippen LogP contribution >= 0.6 is 0 Å². The molecule has 2 N–H and O–H groups in total. The lowest BCUT2D eigenvalue weighted by molar-refractivity contribution is 0.368. The van der Waals surface area contributed by atoms with Gasteiger partial charge in [-0.2, -0.15) is 5.10 Å². The van der Waals surface area contributed by atoms with E-state index in [0.29, 0.717) is 0 Å². The van der Waals surface area contributed by atoms with E-state index in [1.807, 2.05) is 6.92 Å². The summed E-state index contributed by atoms with van der Waals surface area (Å²) >= 11 is 0. The van der Waals surface area contributed by atoms with Crippen molar-refractivity contribution in [2.24, 2.45) is 5.92 Å². The first-order valence-corrected chi connectivity index (χ1v) is 6.39. The molecular formula is C13H25N3. The molecule has 1 aromatic rings. The summed E-state index contributed by atoms with van der Waals surface area (Å²) in [5.41, 5.74) is 8.87. The van der Waals surface area contributed by atoms with E-state index in [1.165, 1.54) is 25.7 Å². The van der Waals surface area contributed by atoms with Crippen LogP contribution in [0.25, 0.3) is 0 Å². The summed E-state index contributed by atoms with van der Waals surface area (Å²) in [6.45, 7) is 9.55. The van der Waals surface area contributed by atoms with Crippen molar-refractivity contribution in [3.63, 3.8) is 0 Å². The first kappa shape index (κ1) is 13.1. The molecule has 16 heavy (non-hydrogen) atoms. The van der Waals surface area contributed by atoms with Gasteiger partial charge in [0.25, 0.3) is 0 Å². The minimum absolute atomic E-state index is 0.734. The highest BCUT2D eigenvalue weighted by molar-refractivity contribution is 5.46. The molecule has 3 heteroatoms. The first-order valence-electron chi connectivity index (χ1n) is 6.39. The van der Waals surface area contributed by atoms with Gasteiger partial charge in [-0.3, -0.25) is 4.68 Å². The number of anilines is 1. The van der Waals surface area contributed by atoms with E-state index in [1.54, 1.807) is 0 Å². The zero-order valence-corrected chi connectivity index (χ0v) is 11.1. The molecule has 0 aliphatic carbocycles. The van der Waals surface area contributed by atoms with Gasteiger partial charge in [0.2, 0.25) is 0 Å². The van der Waals surface area contributed by atoms with E-state index in [2.05, 4.69) is 30.6 Å². The molecule has 1 heterocycles. The van der Waals surface area contributed by atoms with E-state index >= 15 is 0 Å². The minimum Gasteiger partial charge on any atom is -0.396 e. The van der Waals surface area contributed by atoms with Crippen LogP contribution < -0.4 is 5.73 Å². The third kappa shape index (κ3) is 3.00. The van der Waals surface area contributed by atoms with E-state index < -0.39 is 0 Å². The molecule has 3 nitrogen and oxygen atoms in total. The summed E-state index contributed by atoms with van der Waals surface area (Å²) < 4.78 is 2.08. The van der Waals surface area contributed by atoms with Crippen LogP contribution in [0.4, 0.5) is 5.69 Å². The average molecular weight is 223 g/mol. The Hall–Kier alpha value is -0.990. The topological polar surface area (TPSA) is 43.8 Å². The number of aromatic nitrogens is 2. The molecular weight excluding hydrogens is 198 g/mol. The summed E-state index contributed by atoms with van der Waals surface area (Å²) in [7, 11) is 0. The molecule has 0 amide bonds. The van der Waals surface area contributed by atoms with Gasteiger partial charge in [0.05, 0.1) is 17.1 Å². The highest BCUT2D eigenvalue weighted by atomic mass is 15.3. The molecule has 0 fully saturated rings. The predicted molar refractivity (Wildman–Crippen MR) is 69.4 cm³/mol. The number of nitrogen functional groups attached to an aromatic ring is 1. The maximum absolute atomic E-state index is 5.94. The molecule has 0 aliphatic heterocycles. The van der Waals surface area contributed by atoms with Crippen LogP contribution in [0.5, 0.6) is 0 Å². The maximum atomic E-state index is 5.94. The van der Waals surface area contributed by atoms with Crippen molar-refractivity contribution in [3.05, 3.63) is 11.4 Å². The molecule has 0 radical (unpaired) electrons. The Balaban J connectivity index is 2.66. The fraction of sp³-hybridized carbons (Fsp3) is 0.769. The Bertz CT molecular complexity index is 328. The molecule has 0 aromatic carbocycles. The standard InChI is InChI=1S/C13H25N3/c1-5-7-8-12(6-2)9-16-11(4)13(14)10(3)15-16/h12H,5-9,14H2,1-4H3. The number of unbranched alkanes of at least 4 members (excludes halogenated alkanes) is 1. The third-order valence-corrected chi connectivity index (χ3v) is 3.41. The lowest BCUT2D eigenvalue weighted by Crippen LogP contribution is -2.13. The number of aryl methyl sites for hydroxylation is 1. The average Bonchev–Trinajstić information content (AvgIpc) is 2.52. The zero-order valence-electron chi connectivity index (χ0n) is 11.1. The van der Waals surface area contributed by atoms with Gasteiger partial charge >= 0.3 is 0 Å². The molecule has 0 spiro atoms. The number of hydrogen-bond acceptors (Lipinski definition) is 2. The van der Waals surface area contributed by atoms with Gasteiger partial charge in [-0.25, -0.2) is 0 Å². The second-order valence-corrected chi connectivity index (χ2v) is 4.68. The molecule has 0 aliphatic rings. The monoisotopic (exact) mass is 223 g/mol. The van der Waals surface area contributed by atoms with Gasteiger partial charge in [-0.1, -0.05) is 33.1 Å². The predicted octanol–water partition coefficient (Wildman–Crippen LogP) is 3.30. The SMILES string of the molecule is CCCCC(CC)Cn1nc(C)c(N)c1C. The molecule has 1 aromatic heterocycles. The summed E-state index contributed by atoms with van der Waals surface area (Å²) in [6.07, 6.45) is 5.10. The van der Waals surface area contributed by atoms with Crippen molar-refractivity contribution in [3.8, 4) is 0 Å². The number of rotatable bonds is 6. The molecule has 0 saturated heterocycles. The van der Waals surface area contributed by atoms with Crippen molar-refractivity contribution in [2.75, 3.05) is 5.73 Å². The normalized spacial score (nSPS) is 13.0. The summed E-state index contributed by atoms with van der Waals surface area (Å²) in [4.78, 5) is 0. The smallest absolute Gasteiger partial charge is 0.0825 e. The molecule has 1 atom stereocenters. The van der Waals surface area contributed by atoms with E-state index in [9.17, 15) is 0 Å². The van der Waals surface area contributed by atoms with Crippen molar-refractivity contribution in [1.29, 1.82) is 0 Å². The highest BCUT2D eigenvalue weighted by Gasteiger charge is 2.12. The van der Waals surface area contributed by atoms with Crippen molar-refractivity contribution < 1.29 is 0 Å². The Morgan fingerprint density at radius 3 is 2.44 bits per heavy atom. The van der Waals surface area contributed by atoms with Gasteiger partial charge in [-0.15, -0.1) is 0 Å².